The normalized spacial score (nSPS) is 0. The molecular weight excluding hydrogens is 266 g/mol. The first-order chi connectivity index (χ1) is 0. The number of hydrogen-bond donors (Lipinski definition) is 0. The molecule has 0 aliphatic heterocycles. The molecule has 0 aromatic rings. The van der Waals surface area contributed by atoms with E-state index >= 15 is 0 Å². The SMILES string of the molecule is [In+3].[O-2].[O-2].[Sn+4]. The molecule has 0 aliphatic carbocycles. The van der Waals surface area contributed by atoms with Crippen molar-refractivity contribution >= 4 is 49.8 Å². The average molecular weight is 266 g/mol. The van der Waals surface area contributed by atoms with Gasteiger partial charge in [-0.1, -0.05) is 0 Å². The van der Waals surface area contributed by atoms with Crippen LogP contribution < -0.4 is 0 Å². The van der Waals surface area contributed by atoms with Gasteiger partial charge in [-0.3, -0.25) is 0 Å². The van der Waals surface area contributed by atoms with E-state index in [0.717, 1.165) is 0 Å². The van der Waals surface area contributed by atoms with Gasteiger partial charge in [-0.2, -0.15) is 0 Å². The second-order valence-corrected chi connectivity index (χ2v) is 0. The Kier molecular flexibility index (Phi) is 273. The van der Waals surface area contributed by atoms with E-state index in [4.69, 9.17) is 0 Å². The third-order valence-electron chi connectivity index (χ3n) is 0. The number of hydrogen-bond acceptors (Lipinski definition) is 0. The molecule has 0 bridgehead atoms. The zero-order valence-electron chi connectivity index (χ0n) is 1.89. The molecule has 0 spiro atoms. The van der Waals surface area contributed by atoms with Gasteiger partial charge in [-0.15, -0.1) is 0 Å². The van der Waals surface area contributed by atoms with Gasteiger partial charge in [0.15, 0.2) is 0 Å². The van der Waals surface area contributed by atoms with Crippen LogP contribution >= 0.6 is 0 Å². The Morgan fingerprint density at radius 3 is 0.750 bits per heavy atom. The van der Waals surface area contributed by atoms with Gasteiger partial charge in [-0.05, 0) is 0 Å². The topological polar surface area (TPSA) is 57.0 Å². The Labute approximate surface area is 60.3 Å². The summed E-state index contributed by atoms with van der Waals surface area (Å²) in [5.74, 6) is 0. The van der Waals surface area contributed by atoms with Gasteiger partial charge in [0.1, 0.15) is 0 Å². The van der Waals surface area contributed by atoms with Crippen molar-refractivity contribution in [2.75, 3.05) is 0 Å². The van der Waals surface area contributed by atoms with Crippen molar-refractivity contribution in [3.63, 3.8) is 0 Å². The van der Waals surface area contributed by atoms with Gasteiger partial charge in [-0.25, -0.2) is 0 Å². The van der Waals surface area contributed by atoms with E-state index in [-0.39, 0.29) is 60.7 Å². The Bertz CT molecular complexity index is 6.00. The zero-order chi connectivity index (χ0) is 0. The zero-order valence-corrected chi connectivity index (χ0v) is 8.04. The summed E-state index contributed by atoms with van der Waals surface area (Å²) < 4.78 is 0. The minimum atomic E-state index is 0. The Hall–Kier alpha value is 1.59. The van der Waals surface area contributed by atoms with E-state index in [9.17, 15) is 0 Å². The van der Waals surface area contributed by atoms with Crippen molar-refractivity contribution in [2.45, 2.75) is 0 Å². The molecule has 0 unspecified atom stereocenters. The molecule has 0 amide bonds. The second-order valence-electron chi connectivity index (χ2n) is 0. The average Bonchev–Trinajstić information content (AvgIpc) is 0. The van der Waals surface area contributed by atoms with Crippen LogP contribution in [0.5, 0.6) is 0 Å². The molecule has 0 saturated carbocycles. The molecule has 0 aliphatic rings. The van der Waals surface area contributed by atoms with E-state index in [1.165, 1.54) is 0 Å². The fourth-order valence-electron chi connectivity index (χ4n) is 0. The first-order valence-corrected chi connectivity index (χ1v) is 0. The number of rotatable bonds is 0. The van der Waals surface area contributed by atoms with E-state index in [0.29, 0.717) is 0 Å². The molecular formula is InO2Sn+3. The maximum absolute atomic E-state index is 0. The van der Waals surface area contributed by atoms with Crippen LogP contribution in [0.25, 0.3) is 0 Å². The summed E-state index contributed by atoms with van der Waals surface area (Å²) in [5.41, 5.74) is 0. The fourth-order valence-corrected chi connectivity index (χ4v) is 0. The molecule has 0 aromatic heterocycles. The quantitative estimate of drug-likeness (QED) is 0.505. The molecule has 0 fully saturated rings. The van der Waals surface area contributed by atoms with Crippen LogP contribution in [-0.4, -0.2) is 49.8 Å². The summed E-state index contributed by atoms with van der Waals surface area (Å²) in [7, 11) is 0. The first kappa shape index (κ1) is 46.6. The summed E-state index contributed by atoms with van der Waals surface area (Å²) in [5, 5.41) is 0. The van der Waals surface area contributed by atoms with Crippen LogP contribution in [0.4, 0.5) is 0 Å². The molecule has 0 saturated heterocycles. The molecule has 0 atom stereocenters. The van der Waals surface area contributed by atoms with Crippen molar-refractivity contribution in [3.05, 3.63) is 0 Å². The van der Waals surface area contributed by atoms with Crippen molar-refractivity contribution in [1.82, 2.24) is 0 Å². The van der Waals surface area contributed by atoms with Crippen LogP contribution in [0.15, 0.2) is 0 Å². The van der Waals surface area contributed by atoms with E-state index < -0.39 is 0 Å². The maximum Gasteiger partial charge on any atom is 4.00 e. The van der Waals surface area contributed by atoms with Crippen molar-refractivity contribution in [2.24, 2.45) is 0 Å². The van der Waals surface area contributed by atoms with Crippen LogP contribution in [-0.2, 0) is 11.0 Å². The van der Waals surface area contributed by atoms with E-state index in [1.807, 2.05) is 0 Å². The monoisotopic (exact) mass is 267 g/mol. The van der Waals surface area contributed by atoms with Crippen LogP contribution in [0, 0.1) is 0 Å². The first-order valence-electron chi connectivity index (χ1n) is 0. The minimum absolute atomic E-state index is 0. The van der Waals surface area contributed by atoms with E-state index in [1.54, 1.807) is 0 Å². The van der Waals surface area contributed by atoms with Gasteiger partial charge in [0.25, 0.3) is 0 Å². The van der Waals surface area contributed by atoms with Gasteiger partial charge in [0.2, 0.25) is 0 Å². The van der Waals surface area contributed by atoms with Crippen molar-refractivity contribution in [1.29, 1.82) is 0 Å². The smallest absolute Gasteiger partial charge is 2.00 e. The Morgan fingerprint density at radius 2 is 0.750 bits per heavy atom. The molecule has 4 heteroatoms. The van der Waals surface area contributed by atoms with Gasteiger partial charge >= 0.3 is 49.8 Å². The molecule has 2 nitrogen and oxygen atoms in total. The van der Waals surface area contributed by atoms with Gasteiger partial charge < -0.3 is 11.0 Å². The Morgan fingerprint density at radius 1 is 0.750 bits per heavy atom. The van der Waals surface area contributed by atoms with E-state index in [2.05, 4.69) is 0 Å². The van der Waals surface area contributed by atoms with Gasteiger partial charge in [0.05, 0.1) is 0 Å². The molecule has 16 valence electrons. The summed E-state index contributed by atoms with van der Waals surface area (Å²) >= 11 is 0. The maximum atomic E-state index is 0. The summed E-state index contributed by atoms with van der Waals surface area (Å²) in [4.78, 5) is 0. The molecule has 0 aromatic carbocycles. The fraction of sp³-hybridized carbons (Fsp3) is 0. The summed E-state index contributed by atoms with van der Waals surface area (Å²) in [6.07, 6.45) is 0. The standard InChI is InChI=1S/In.2O.Sn/q+3;2*-2;+4. The third kappa shape index (κ3) is 9.53. The van der Waals surface area contributed by atoms with Crippen LogP contribution in [0.2, 0.25) is 0 Å². The minimum Gasteiger partial charge on any atom is -2.00 e. The molecule has 4 heavy (non-hydrogen) atoms. The second kappa shape index (κ2) is 23.4. The largest absolute Gasteiger partial charge is 4.00 e. The predicted molar refractivity (Wildman–Crippen MR) is 12.9 cm³/mol. The summed E-state index contributed by atoms with van der Waals surface area (Å²) in [6, 6.07) is 0. The molecule has 0 radical (unpaired) electrons. The third-order valence-corrected chi connectivity index (χ3v) is 0. The molecule has 0 N–H and O–H groups in total. The summed E-state index contributed by atoms with van der Waals surface area (Å²) in [6.45, 7) is 0. The Balaban J connectivity index is 0. The molecule has 0 heterocycles. The van der Waals surface area contributed by atoms with Crippen LogP contribution in [0.3, 0.4) is 0 Å². The van der Waals surface area contributed by atoms with Crippen LogP contribution in [0.1, 0.15) is 0 Å². The molecule has 0 rings (SSSR count). The van der Waals surface area contributed by atoms with Crippen molar-refractivity contribution < 1.29 is 11.0 Å². The predicted octanol–water partition coefficient (Wildman–Crippen LogP) is -0.999. The van der Waals surface area contributed by atoms with Crippen molar-refractivity contribution in [3.8, 4) is 0 Å². The van der Waals surface area contributed by atoms with Gasteiger partial charge in [0, 0.05) is 0 Å².